The smallest absolute Gasteiger partial charge is 0.0818 e. The minimum atomic E-state index is -0.344. The van der Waals surface area contributed by atoms with E-state index in [1.165, 1.54) is 22.3 Å². The van der Waals surface area contributed by atoms with Gasteiger partial charge >= 0.3 is 0 Å². The van der Waals surface area contributed by atoms with E-state index in [0.717, 1.165) is 5.56 Å². The van der Waals surface area contributed by atoms with Crippen LogP contribution in [0.1, 0.15) is 47.8 Å². The van der Waals surface area contributed by atoms with Gasteiger partial charge in [0.2, 0.25) is 0 Å². The van der Waals surface area contributed by atoms with Gasteiger partial charge in [0.15, 0.2) is 0 Å². The molecule has 0 spiro atoms. The molecule has 0 aliphatic heterocycles. The molecule has 0 bridgehead atoms. The number of aliphatic hydroxyl groups excluding tert-OH is 1. The third-order valence-corrected chi connectivity index (χ3v) is 3.35. The second kappa shape index (κ2) is 4.36. The molecule has 0 heterocycles. The lowest BCUT2D eigenvalue weighted by Gasteiger charge is -2.22. The van der Waals surface area contributed by atoms with Gasteiger partial charge in [0, 0.05) is 0 Å². The first-order valence-corrected chi connectivity index (χ1v) is 5.61. The summed E-state index contributed by atoms with van der Waals surface area (Å²) in [7, 11) is 0. The molecule has 1 heteroatoms. The first-order chi connectivity index (χ1) is 6.86. The van der Waals surface area contributed by atoms with E-state index in [1.54, 1.807) is 0 Å². The van der Waals surface area contributed by atoms with Crippen molar-refractivity contribution in [1.82, 2.24) is 0 Å². The van der Waals surface area contributed by atoms with Crippen molar-refractivity contribution in [2.75, 3.05) is 0 Å². The average Bonchev–Trinajstić information content (AvgIpc) is 2.15. The Morgan fingerprint density at radius 1 is 0.933 bits per heavy atom. The van der Waals surface area contributed by atoms with E-state index < -0.39 is 0 Å². The van der Waals surface area contributed by atoms with Gasteiger partial charge in [-0.2, -0.15) is 0 Å². The predicted octanol–water partition coefficient (Wildman–Crippen LogP) is 3.61. The maximum atomic E-state index is 10.2. The zero-order valence-electron chi connectivity index (χ0n) is 10.7. The zero-order valence-corrected chi connectivity index (χ0v) is 10.7. The molecule has 1 atom stereocenters. The third-order valence-electron chi connectivity index (χ3n) is 3.35. The standard InChI is InChI=1S/C14H22O/c1-8(2)14(15)13-11(5)9(3)7-10(4)12(13)6/h7-8,14-15H,1-6H3. The topological polar surface area (TPSA) is 20.2 Å². The van der Waals surface area contributed by atoms with Crippen LogP contribution in [0.5, 0.6) is 0 Å². The van der Waals surface area contributed by atoms with Crippen LogP contribution >= 0.6 is 0 Å². The summed E-state index contributed by atoms with van der Waals surface area (Å²) in [6, 6.07) is 2.20. The van der Waals surface area contributed by atoms with E-state index in [9.17, 15) is 5.11 Å². The SMILES string of the molecule is Cc1cc(C)c(C)c(C(O)C(C)C)c1C. The maximum absolute atomic E-state index is 10.2. The van der Waals surface area contributed by atoms with Crippen LogP contribution in [-0.2, 0) is 0 Å². The second-order valence-electron chi connectivity index (χ2n) is 4.86. The van der Waals surface area contributed by atoms with Gasteiger partial charge in [-0.25, -0.2) is 0 Å². The number of benzene rings is 1. The molecule has 1 unspecified atom stereocenters. The fraction of sp³-hybridized carbons (Fsp3) is 0.571. The van der Waals surface area contributed by atoms with Crippen molar-refractivity contribution in [2.45, 2.75) is 47.6 Å². The summed E-state index contributed by atoms with van der Waals surface area (Å²) in [6.45, 7) is 12.5. The molecule has 0 aromatic heterocycles. The van der Waals surface area contributed by atoms with Crippen LogP contribution in [0.25, 0.3) is 0 Å². The molecule has 1 N–H and O–H groups in total. The maximum Gasteiger partial charge on any atom is 0.0818 e. The van der Waals surface area contributed by atoms with Crippen LogP contribution in [-0.4, -0.2) is 5.11 Å². The van der Waals surface area contributed by atoms with Crippen LogP contribution in [0, 0.1) is 33.6 Å². The lowest BCUT2D eigenvalue weighted by Crippen LogP contribution is -2.11. The van der Waals surface area contributed by atoms with Gasteiger partial charge in [-0.3, -0.25) is 0 Å². The summed E-state index contributed by atoms with van der Waals surface area (Å²) in [6.07, 6.45) is -0.344. The summed E-state index contributed by atoms with van der Waals surface area (Å²) in [5.74, 6) is 0.267. The molecule has 0 aliphatic rings. The van der Waals surface area contributed by atoms with Gasteiger partial charge in [-0.05, 0) is 61.4 Å². The molecule has 84 valence electrons. The molecular formula is C14H22O. The van der Waals surface area contributed by atoms with Gasteiger partial charge in [0.05, 0.1) is 6.10 Å². The van der Waals surface area contributed by atoms with Crippen LogP contribution < -0.4 is 0 Å². The van der Waals surface area contributed by atoms with Crippen molar-refractivity contribution in [2.24, 2.45) is 5.92 Å². The molecule has 0 saturated heterocycles. The molecule has 1 aromatic carbocycles. The Bertz CT molecular complexity index is 338. The number of aliphatic hydroxyl groups is 1. The van der Waals surface area contributed by atoms with Crippen LogP contribution in [0.2, 0.25) is 0 Å². The van der Waals surface area contributed by atoms with Crippen molar-refractivity contribution in [3.05, 3.63) is 33.9 Å². The Morgan fingerprint density at radius 3 is 1.67 bits per heavy atom. The first kappa shape index (κ1) is 12.3. The van der Waals surface area contributed by atoms with Crippen molar-refractivity contribution in [3.63, 3.8) is 0 Å². The van der Waals surface area contributed by atoms with E-state index in [4.69, 9.17) is 0 Å². The molecule has 1 aromatic rings. The molecule has 1 rings (SSSR count). The monoisotopic (exact) mass is 206 g/mol. The van der Waals surface area contributed by atoms with E-state index in [1.807, 2.05) is 0 Å². The van der Waals surface area contributed by atoms with Gasteiger partial charge in [-0.1, -0.05) is 19.9 Å². The van der Waals surface area contributed by atoms with Gasteiger partial charge in [-0.15, -0.1) is 0 Å². The number of rotatable bonds is 2. The fourth-order valence-corrected chi connectivity index (χ4v) is 2.02. The molecule has 0 aliphatic carbocycles. The molecule has 15 heavy (non-hydrogen) atoms. The summed E-state index contributed by atoms with van der Waals surface area (Å²) >= 11 is 0. The summed E-state index contributed by atoms with van der Waals surface area (Å²) < 4.78 is 0. The quantitative estimate of drug-likeness (QED) is 0.783. The Labute approximate surface area is 93.1 Å². The largest absolute Gasteiger partial charge is 0.388 e. The highest BCUT2D eigenvalue weighted by molar-refractivity contribution is 5.45. The second-order valence-corrected chi connectivity index (χ2v) is 4.86. The molecule has 0 radical (unpaired) electrons. The highest BCUT2D eigenvalue weighted by atomic mass is 16.3. The Kier molecular flexibility index (Phi) is 3.56. The molecular weight excluding hydrogens is 184 g/mol. The average molecular weight is 206 g/mol. The Balaban J connectivity index is 3.39. The first-order valence-electron chi connectivity index (χ1n) is 5.61. The zero-order chi connectivity index (χ0) is 11.7. The number of hydrogen-bond donors (Lipinski definition) is 1. The molecule has 1 nitrogen and oxygen atoms in total. The summed E-state index contributed by atoms with van der Waals surface area (Å²) in [5.41, 5.74) is 6.14. The molecule has 0 saturated carbocycles. The van der Waals surface area contributed by atoms with Gasteiger partial charge < -0.3 is 5.11 Å². The van der Waals surface area contributed by atoms with E-state index in [0.29, 0.717) is 0 Å². The fourth-order valence-electron chi connectivity index (χ4n) is 2.02. The lowest BCUT2D eigenvalue weighted by molar-refractivity contribution is 0.125. The van der Waals surface area contributed by atoms with Crippen LogP contribution in [0.3, 0.4) is 0 Å². The highest BCUT2D eigenvalue weighted by Gasteiger charge is 2.18. The van der Waals surface area contributed by atoms with E-state index >= 15 is 0 Å². The van der Waals surface area contributed by atoms with Crippen molar-refractivity contribution in [3.8, 4) is 0 Å². The minimum Gasteiger partial charge on any atom is -0.388 e. The Hall–Kier alpha value is -0.820. The van der Waals surface area contributed by atoms with Gasteiger partial charge in [0.1, 0.15) is 0 Å². The van der Waals surface area contributed by atoms with Crippen molar-refractivity contribution < 1.29 is 5.11 Å². The summed E-state index contributed by atoms with van der Waals surface area (Å²) in [4.78, 5) is 0. The minimum absolute atomic E-state index is 0.267. The predicted molar refractivity (Wildman–Crippen MR) is 65.2 cm³/mol. The van der Waals surface area contributed by atoms with Crippen LogP contribution in [0.4, 0.5) is 0 Å². The molecule has 0 fully saturated rings. The van der Waals surface area contributed by atoms with Crippen molar-refractivity contribution in [1.29, 1.82) is 0 Å². The number of aryl methyl sites for hydroxylation is 2. The number of hydrogen-bond acceptors (Lipinski definition) is 1. The Morgan fingerprint density at radius 2 is 1.33 bits per heavy atom. The highest BCUT2D eigenvalue weighted by Crippen LogP contribution is 2.31. The summed E-state index contributed by atoms with van der Waals surface area (Å²) in [5, 5.41) is 10.2. The van der Waals surface area contributed by atoms with E-state index in [-0.39, 0.29) is 12.0 Å². The third kappa shape index (κ3) is 2.23. The van der Waals surface area contributed by atoms with Crippen LogP contribution in [0.15, 0.2) is 6.07 Å². The normalized spacial score (nSPS) is 13.3. The van der Waals surface area contributed by atoms with E-state index in [2.05, 4.69) is 47.6 Å². The lowest BCUT2D eigenvalue weighted by atomic mass is 9.87. The van der Waals surface area contributed by atoms with Crippen molar-refractivity contribution >= 4 is 0 Å². The molecule has 0 amide bonds. The van der Waals surface area contributed by atoms with Gasteiger partial charge in [0.25, 0.3) is 0 Å².